The van der Waals surface area contributed by atoms with Gasteiger partial charge in [-0.1, -0.05) is 36.4 Å². The third kappa shape index (κ3) is 4.14. The largest absolute Gasteiger partial charge is 0.598 e. The van der Waals surface area contributed by atoms with Crippen LogP contribution in [0, 0.1) is 0 Å². The van der Waals surface area contributed by atoms with Gasteiger partial charge in [-0.25, -0.2) is 0 Å². The van der Waals surface area contributed by atoms with E-state index in [1.54, 1.807) is 0 Å². The Labute approximate surface area is 141 Å². The Morgan fingerprint density at radius 2 is 1.83 bits per heavy atom. The first-order chi connectivity index (χ1) is 10.9. The van der Waals surface area contributed by atoms with Crippen molar-refractivity contribution in [3.63, 3.8) is 0 Å². The lowest BCUT2D eigenvalue weighted by atomic mass is 10.0. The van der Waals surface area contributed by atoms with Crippen LogP contribution in [0.5, 0.6) is 0 Å². The van der Waals surface area contributed by atoms with Gasteiger partial charge in [-0.15, -0.1) is 4.72 Å². The van der Waals surface area contributed by atoms with Gasteiger partial charge in [-0.3, -0.25) is 4.98 Å². The SMILES string of the molecule is CC(C)(C)[S+]([O-])NC(c1ccccc1)c1ccc(C2CC2)cn1. The van der Waals surface area contributed by atoms with Gasteiger partial charge >= 0.3 is 0 Å². The second-order valence-corrected chi connectivity index (χ2v) is 9.13. The first kappa shape index (κ1) is 16.5. The molecule has 1 fully saturated rings. The van der Waals surface area contributed by atoms with Crippen molar-refractivity contribution in [2.45, 2.75) is 50.3 Å². The molecule has 1 aromatic heterocycles. The number of nitrogens with one attached hydrogen (secondary N) is 1. The molecule has 0 radical (unpaired) electrons. The Balaban J connectivity index is 1.88. The maximum atomic E-state index is 12.6. The van der Waals surface area contributed by atoms with Crippen molar-refractivity contribution < 1.29 is 4.55 Å². The van der Waals surface area contributed by atoms with Gasteiger partial charge < -0.3 is 4.55 Å². The molecule has 2 unspecified atom stereocenters. The van der Waals surface area contributed by atoms with Crippen molar-refractivity contribution in [1.29, 1.82) is 0 Å². The van der Waals surface area contributed by atoms with E-state index in [2.05, 4.69) is 21.8 Å². The fourth-order valence-corrected chi connectivity index (χ4v) is 3.30. The molecule has 0 saturated heterocycles. The van der Waals surface area contributed by atoms with E-state index in [-0.39, 0.29) is 10.8 Å². The Hall–Kier alpha value is -1.36. The number of hydrogen-bond acceptors (Lipinski definition) is 3. The number of hydrogen-bond donors (Lipinski definition) is 1. The quantitative estimate of drug-likeness (QED) is 0.841. The molecule has 2 atom stereocenters. The summed E-state index contributed by atoms with van der Waals surface area (Å²) in [7, 11) is 0. The summed E-state index contributed by atoms with van der Waals surface area (Å²) in [4.78, 5) is 4.65. The molecule has 3 rings (SSSR count). The van der Waals surface area contributed by atoms with Crippen molar-refractivity contribution in [1.82, 2.24) is 9.71 Å². The number of benzene rings is 1. The summed E-state index contributed by atoms with van der Waals surface area (Å²) >= 11 is -1.16. The van der Waals surface area contributed by atoms with Crippen LogP contribution in [-0.4, -0.2) is 14.3 Å². The zero-order valence-corrected chi connectivity index (χ0v) is 14.8. The van der Waals surface area contributed by atoms with Crippen molar-refractivity contribution >= 4 is 11.4 Å². The maximum Gasteiger partial charge on any atom is 0.136 e. The van der Waals surface area contributed by atoms with Gasteiger partial charge in [0.25, 0.3) is 0 Å². The molecule has 4 heteroatoms. The van der Waals surface area contributed by atoms with Crippen LogP contribution in [0.4, 0.5) is 0 Å². The lowest BCUT2D eigenvalue weighted by molar-refractivity contribution is 0.534. The minimum absolute atomic E-state index is 0.162. The molecule has 0 bridgehead atoms. The van der Waals surface area contributed by atoms with Gasteiger partial charge in [0.1, 0.15) is 10.8 Å². The molecule has 0 amide bonds. The summed E-state index contributed by atoms with van der Waals surface area (Å²) in [6, 6.07) is 14.2. The average molecular weight is 328 g/mol. The number of nitrogens with zero attached hydrogens (tertiary/aromatic N) is 1. The maximum absolute atomic E-state index is 12.6. The molecular formula is C19H24N2OS. The van der Waals surface area contributed by atoms with Gasteiger partial charge in [-0.2, -0.15) is 0 Å². The van der Waals surface area contributed by atoms with E-state index in [9.17, 15) is 4.55 Å². The van der Waals surface area contributed by atoms with E-state index < -0.39 is 11.4 Å². The van der Waals surface area contributed by atoms with E-state index in [1.807, 2.05) is 57.3 Å². The van der Waals surface area contributed by atoms with Gasteiger partial charge in [0.05, 0.1) is 5.69 Å². The Morgan fingerprint density at radius 1 is 1.13 bits per heavy atom. The molecule has 0 spiro atoms. The molecular weight excluding hydrogens is 304 g/mol. The zero-order chi connectivity index (χ0) is 16.4. The minimum Gasteiger partial charge on any atom is -0.598 e. The van der Waals surface area contributed by atoms with Crippen molar-refractivity contribution in [3.8, 4) is 0 Å². The molecule has 1 heterocycles. The average Bonchev–Trinajstić information content (AvgIpc) is 3.37. The standard InChI is InChI=1S/C19H24N2OS/c1-19(2,3)23(22)21-18(15-7-5-4-6-8-15)17-12-11-16(13-20-17)14-9-10-14/h4-8,11-14,18,21H,9-10H2,1-3H3. The molecule has 23 heavy (non-hydrogen) atoms. The van der Waals surface area contributed by atoms with Gasteiger partial charge in [-0.05, 0) is 56.7 Å². The molecule has 0 aliphatic heterocycles. The fraction of sp³-hybridized carbons (Fsp3) is 0.421. The second-order valence-electron chi connectivity index (χ2n) is 7.13. The van der Waals surface area contributed by atoms with Crippen LogP contribution in [-0.2, 0) is 11.4 Å². The number of rotatable bonds is 5. The summed E-state index contributed by atoms with van der Waals surface area (Å²) < 4.78 is 15.5. The summed E-state index contributed by atoms with van der Waals surface area (Å²) in [5.41, 5.74) is 3.31. The van der Waals surface area contributed by atoms with Crippen LogP contribution in [0.25, 0.3) is 0 Å². The fourth-order valence-electron chi connectivity index (χ4n) is 2.47. The predicted octanol–water partition coefficient (Wildman–Crippen LogP) is 4.10. The van der Waals surface area contributed by atoms with E-state index in [4.69, 9.17) is 0 Å². The first-order valence-corrected chi connectivity index (χ1v) is 9.29. The van der Waals surface area contributed by atoms with E-state index in [1.165, 1.54) is 18.4 Å². The van der Waals surface area contributed by atoms with Crippen LogP contribution in [0.2, 0.25) is 0 Å². The topological polar surface area (TPSA) is 48.0 Å². The normalized spacial score (nSPS) is 17.7. The van der Waals surface area contributed by atoms with Crippen LogP contribution in [0.3, 0.4) is 0 Å². The highest BCUT2D eigenvalue weighted by Crippen LogP contribution is 2.40. The highest BCUT2D eigenvalue weighted by atomic mass is 32.2. The third-order valence-corrected chi connectivity index (χ3v) is 5.63. The van der Waals surface area contributed by atoms with Crippen molar-refractivity contribution in [3.05, 3.63) is 65.5 Å². The molecule has 3 nitrogen and oxygen atoms in total. The predicted molar refractivity (Wildman–Crippen MR) is 95.5 cm³/mol. The molecule has 1 saturated carbocycles. The van der Waals surface area contributed by atoms with Crippen molar-refractivity contribution in [2.24, 2.45) is 0 Å². The Kier molecular flexibility index (Phi) is 4.76. The summed E-state index contributed by atoms with van der Waals surface area (Å²) in [5, 5.41) is 0. The van der Waals surface area contributed by atoms with Gasteiger partial charge in [0, 0.05) is 17.6 Å². The van der Waals surface area contributed by atoms with Gasteiger partial charge in [0.2, 0.25) is 0 Å². The Morgan fingerprint density at radius 3 is 2.35 bits per heavy atom. The van der Waals surface area contributed by atoms with E-state index in [0.29, 0.717) is 5.92 Å². The lowest BCUT2D eigenvalue weighted by Crippen LogP contribution is -2.41. The first-order valence-electron chi connectivity index (χ1n) is 8.14. The number of aromatic nitrogens is 1. The summed E-state index contributed by atoms with van der Waals surface area (Å²) in [5.74, 6) is 0.698. The summed E-state index contributed by atoms with van der Waals surface area (Å²) in [6.07, 6.45) is 4.52. The molecule has 1 aliphatic carbocycles. The zero-order valence-electron chi connectivity index (χ0n) is 14.0. The highest BCUT2D eigenvalue weighted by molar-refractivity contribution is 7.90. The monoisotopic (exact) mass is 328 g/mol. The number of pyridine rings is 1. The molecule has 1 aliphatic rings. The van der Waals surface area contributed by atoms with Crippen LogP contribution in [0.15, 0.2) is 48.7 Å². The second kappa shape index (κ2) is 6.63. The Bertz CT molecular complexity index is 633. The van der Waals surface area contributed by atoms with E-state index in [0.717, 1.165) is 11.3 Å². The molecule has 2 aromatic rings. The smallest absolute Gasteiger partial charge is 0.136 e. The van der Waals surface area contributed by atoms with Crippen molar-refractivity contribution in [2.75, 3.05) is 0 Å². The molecule has 1 aromatic carbocycles. The summed E-state index contributed by atoms with van der Waals surface area (Å²) in [6.45, 7) is 5.92. The van der Waals surface area contributed by atoms with Gasteiger partial charge in [0.15, 0.2) is 0 Å². The van der Waals surface area contributed by atoms with Crippen LogP contribution >= 0.6 is 0 Å². The molecule has 122 valence electrons. The third-order valence-electron chi connectivity index (χ3n) is 4.07. The van der Waals surface area contributed by atoms with Crippen LogP contribution in [0.1, 0.15) is 62.4 Å². The lowest BCUT2D eigenvalue weighted by Gasteiger charge is -2.28. The van der Waals surface area contributed by atoms with E-state index >= 15 is 0 Å². The highest BCUT2D eigenvalue weighted by Gasteiger charge is 2.31. The molecule has 1 N–H and O–H groups in total. The van der Waals surface area contributed by atoms with Crippen LogP contribution < -0.4 is 4.72 Å². The minimum atomic E-state index is -1.16.